The lowest BCUT2D eigenvalue weighted by Crippen LogP contribution is -1.91. The zero-order chi connectivity index (χ0) is 8.53. The van der Waals surface area contributed by atoms with Gasteiger partial charge in [-0.05, 0) is 11.6 Å². The van der Waals surface area contributed by atoms with Crippen molar-refractivity contribution in [1.82, 2.24) is 0 Å². The van der Waals surface area contributed by atoms with Crippen LogP contribution in [0.5, 0.6) is 0 Å². The summed E-state index contributed by atoms with van der Waals surface area (Å²) in [5.41, 5.74) is 0. The molecule has 0 saturated heterocycles. The van der Waals surface area contributed by atoms with Gasteiger partial charge < -0.3 is 0 Å². The van der Waals surface area contributed by atoms with Gasteiger partial charge in [-0.2, -0.15) is 0 Å². The number of carbonyl (C=O) groups is 1. The van der Waals surface area contributed by atoms with Crippen molar-refractivity contribution in [2.45, 2.75) is 43.2 Å². The Morgan fingerprint density at radius 1 is 1.36 bits per heavy atom. The summed E-state index contributed by atoms with van der Waals surface area (Å²) in [7, 11) is 0. The first-order valence-corrected chi connectivity index (χ1v) is 6.83. The van der Waals surface area contributed by atoms with Crippen molar-refractivity contribution >= 4 is 32.1 Å². The van der Waals surface area contributed by atoms with Crippen LogP contribution in [0, 0.1) is 0 Å². The van der Waals surface area contributed by atoms with Gasteiger partial charge in [-0.25, -0.2) is 0 Å². The van der Waals surface area contributed by atoms with Gasteiger partial charge >= 0.3 is 0 Å². The van der Waals surface area contributed by atoms with Crippen molar-refractivity contribution in [2.24, 2.45) is 0 Å². The van der Waals surface area contributed by atoms with E-state index in [4.69, 9.17) is 11.6 Å². The zero-order valence-corrected chi connectivity index (χ0v) is 9.41. The van der Waals surface area contributed by atoms with Gasteiger partial charge in [-0.15, -0.1) is 0 Å². The van der Waals surface area contributed by atoms with Crippen LogP contribution in [0.25, 0.3) is 0 Å². The molecule has 0 bridgehead atoms. The van der Waals surface area contributed by atoms with Crippen molar-refractivity contribution in [3.63, 3.8) is 0 Å². The van der Waals surface area contributed by atoms with Gasteiger partial charge in [0, 0.05) is 6.42 Å². The van der Waals surface area contributed by atoms with E-state index in [0.29, 0.717) is 6.42 Å². The number of rotatable bonds is 7. The molecule has 0 aromatic heterocycles. The average molecular weight is 191 g/mol. The molecule has 0 heterocycles. The van der Waals surface area contributed by atoms with Gasteiger partial charge in [0.25, 0.3) is 0 Å². The van der Waals surface area contributed by atoms with Crippen LogP contribution >= 0.6 is 11.6 Å². The summed E-state index contributed by atoms with van der Waals surface area (Å²) in [5.74, 6) is 0. The van der Waals surface area contributed by atoms with Gasteiger partial charge in [0.05, 0.1) is 0 Å². The van der Waals surface area contributed by atoms with Crippen LogP contribution in [0.3, 0.4) is 0 Å². The highest BCUT2D eigenvalue weighted by Crippen LogP contribution is 2.02. The lowest BCUT2D eigenvalue weighted by Gasteiger charge is -1.94. The van der Waals surface area contributed by atoms with Crippen molar-refractivity contribution in [1.29, 1.82) is 0 Å². The minimum absolute atomic E-state index is 0.146. The van der Waals surface area contributed by atoms with E-state index in [1.165, 1.54) is 23.4 Å². The highest BCUT2D eigenvalue weighted by molar-refractivity contribution is 6.63. The van der Waals surface area contributed by atoms with Gasteiger partial charge in [0.2, 0.25) is 20.5 Å². The number of carbonyl (C=O) groups excluding carboxylic acids is 1. The lowest BCUT2D eigenvalue weighted by atomic mass is 10.4. The maximum Gasteiger partial charge on any atom is 0.236 e. The van der Waals surface area contributed by atoms with E-state index in [1.807, 2.05) is 0 Å². The molecule has 0 fully saturated rings. The van der Waals surface area contributed by atoms with Crippen LogP contribution < -0.4 is 0 Å². The summed E-state index contributed by atoms with van der Waals surface area (Å²) in [6.45, 7) is 2.22. The molecule has 0 aliphatic carbocycles. The Labute approximate surface area is 80.2 Å². The Morgan fingerprint density at radius 3 is 2.55 bits per heavy atom. The third-order valence-electron chi connectivity index (χ3n) is 1.73. The standard InChI is InChI=1S/C4H6ClO.C4H9.Al.H/c1-2-3-4(5)6;1-3-4-2;;/h1-3H2;1,3-4H2,2H3;;. The molecule has 0 aromatic rings. The molecule has 0 saturated carbocycles. The second-order valence-electron chi connectivity index (χ2n) is 2.87. The Balaban J connectivity index is 2.85. The van der Waals surface area contributed by atoms with E-state index in [1.54, 1.807) is 0 Å². The molecule has 0 aliphatic heterocycles. The number of unbranched alkanes of at least 4 members (excludes halogenated alkanes) is 1. The first-order chi connectivity index (χ1) is 5.27. The van der Waals surface area contributed by atoms with Crippen LogP contribution in [0.1, 0.15) is 32.6 Å². The van der Waals surface area contributed by atoms with Crippen LogP contribution in [-0.4, -0.2) is 20.5 Å². The monoisotopic (exact) mass is 190 g/mol. The largest absolute Gasteiger partial charge is 0.281 e. The van der Waals surface area contributed by atoms with Crippen LogP contribution in [0.4, 0.5) is 0 Å². The minimum atomic E-state index is -0.172. The van der Waals surface area contributed by atoms with E-state index >= 15 is 0 Å². The zero-order valence-electron chi connectivity index (χ0n) is 7.24. The van der Waals surface area contributed by atoms with Crippen LogP contribution in [0.2, 0.25) is 10.6 Å². The molecule has 0 rings (SSSR count). The first kappa shape index (κ1) is 11.5. The maximum atomic E-state index is 10.3. The molecular formula is C8H16AlClO. The van der Waals surface area contributed by atoms with E-state index in [-0.39, 0.29) is 20.5 Å². The quantitative estimate of drug-likeness (QED) is 0.343. The molecule has 0 unspecified atom stereocenters. The van der Waals surface area contributed by atoms with E-state index in [0.717, 1.165) is 6.42 Å². The molecule has 1 nitrogen and oxygen atoms in total. The highest BCUT2D eigenvalue weighted by atomic mass is 35.5. The molecule has 0 N–H and O–H groups in total. The Hall–Kier alpha value is 0.492. The second-order valence-corrected chi connectivity index (χ2v) is 5.42. The number of hydrogen-bond donors (Lipinski definition) is 0. The smallest absolute Gasteiger partial charge is 0.236 e. The summed E-state index contributed by atoms with van der Waals surface area (Å²) in [6.07, 6.45) is 4.29. The maximum absolute atomic E-state index is 10.3. The molecule has 0 spiro atoms. The van der Waals surface area contributed by atoms with Gasteiger partial charge in [-0.3, -0.25) is 4.79 Å². The van der Waals surface area contributed by atoms with Crippen LogP contribution in [0.15, 0.2) is 0 Å². The summed E-state index contributed by atoms with van der Waals surface area (Å²) < 4.78 is 0. The molecular weight excluding hydrogens is 175 g/mol. The van der Waals surface area contributed by atoms with Crippen LogP contribution in [-0.2, 0) is 4.79 Å². The fourth-order valence-electron chi connectivity index (χ4n) is 1.04. The van der Waals surface area contributed by atoms with Gasteiger partial charge in [0.15, 0.2) is 0 Å². The minimum Gasteiger partial charge on any atom is -0.281 e. The third-order valence-corrected chi connectivity index (χ3v) is 3.92. The molecule has 0 aromatic carbocycles. The topological polar surface area (TPSA) is 17.1 Å². The highest BCUT2D eigenvalue weighted by Gasteiger charge is 1.97. The predicted octanol–water partition coefficient (Wildman–Crippen LogP) is 2.61. The molecule has 3 heteroatoms. The number of hydrogen-bond acceptors (Lipinski definition) is 1. The van der Waals surface area contributed by atoms with E-state index in [9.17, 15) is 4.79 Å². The number of halogens is 1. The SMILES string of the molecule is CCC[CH2][AlH][CH2]CCC(=O)Cl. The van der Waals surface area contributed by atoms with Crippen molar-refractivity contribution < 1.29 is 4.79 Å². The van der Waals surface area contributed by atoms with Crippen molar-refractivity contribution in [3.8, 4) is 0 Å². The molecule has 0 aliphatic rings. The van der Waals surface area contributed by atoms with E-state index < -0.39 is 0 Å². The van der Waals surface area contributed by atoms with Crippen molar-refractivity contribution in [3.05, 3.63) is 0 Å². The normalized spacial score (nSPS) is 9.64. The van der Waals surface area contributed by atoms with E-state index in [2.05, 4.69) is 6.92 Å². The molecule has 0 amide bonds. The molecule has 11 heavy (non-hydrogen) atoms. The fraction of sp³-hybridized carbons (Fsp3) is 0.875. The summed E-state index contributed by atoms with van der Waals surface area (Å²) in [6, 6.07) is 0. The predicted molar refractivity (Wildman–Crippen MR) is 51.8 cm³/mol. The van der Waals surface area contributed by atoms with Gasteiger partial charge in [0.1, 0.15) is 0 Å². The van der Waals surface area contributed by atoms with Gasteiger partial charge in [-0.1, -0.05) is 36.8 Å². The summed E-state index contributed by atoms with van der Waals surface area (Å²) in [4.78, 5) is 10.3. The molecule has 64 valence electrons. The first-order valence-electron chi connectivity index (χ1n) is 4.45. The molecule has 0 atom stereocenters. The Kier molecular flexibility index (Phi) is 8.97. The lowest BCUT2D eigenvalue weighted by molar-refractivity contribution is -0.111. The summed E-state index contributed by atoms with van der Waals surface area (Å²) >= 11 is 5.34. The third kappa shape index (κ3) is 10.5. The van der Waals surface area contributed by atoms with Crippen molar-refractivity contribution in [2.75, 3.05) is 0 Å². The average Bonchev–Trinajstić information content (AvgIpc) is 1.96. The Morgan fingerprint density at radius 2 is 2.00 bits per heavy atom. The fourth-order valence-corrected chi connectivity index (χ4v) is 2.99. The second kappa shape index (κ2) is 8.59. The molecule has 0 radical (unpaired) electrons. The Bertz CT molecular complexity index is 106. The summed E-state index contributed by atoms with van der Waals surface area (Å²) in [5, 5.41) is 2.56.